The third-order valence-corrected chi connectivity index (χ3v) is 3.27. The predicted octanol–water partition coefficient (Wildman–Crippen LogP) is 2.76. The summed E-state index contributed by atoms with van der Waals surface area (Å²) in [4.78, 5) is 11.1. The number of aryl methyl sites for hydroxylation is 2. The highest BCUT2D eigenvalue weighted by Gasteiger charge is 2.21. The number of unbranched alkanes of at least 4 members (excludes halogenated alkanes) is 6. The summed E-state index contributed by atoms with van der Waals surface area (Å²) in [6.07, 6.45) is 12.4. The number of imidazole rings is 1. The molecule has 1 rings (SSSR count). The minimum absolute atomic E-state index is 0.362. The van der Waals surface area contributed by atoms with Crippen LogP contribution in [0.1, 0.15) is 62.5 Å². The van der Waals surface area contributed by atoms with Gasteiger partial charge in [0.25, 0.3) is 0 Å². The van der Waals surface area contributed by atoms with Gasteiger partial charge in [-0.2, -0.15) is 0 Å². The number of aromatic nitrogens is 2. The summed E-state index contributed by atoms with van der Waals surface area (Å²) >= 11 is 0. The van der Waals surface area contributed by atoms with Crippen molar-refractivity contribution in [2.75, 3.05) is 0 Å². The Bertz CT molecular complexity index is 372. The van der Waals surface area contributed by atoms with Crippen LogP contribution in [0, 0.1) is 0 Å². The van der Waals surface area contributed by atoms with Gasteiger partial charge in [0.2, 0.25) is 0 Å². The lowest BCUT2D eigenvalue weighted by molar-refractivity contribution is -0.673. The van der Waals surface area contributed by atoms with Crippen molar-refractivity contribution in [2.24, 2.45) is 7.05 Å². The molecule has 102 valence electrons. The first-order valence-corrected chi connectivity index (χ1v) is 6.95. The Morgan fingerprint density at radius 2 is 1.83 bits per heavy atom. The third kappa shape index (κ3) is 4.51. The fraction of sp³-hybridized carbons (Fsp3) is 0.714. The number of aromatic carboxylic acids is 1. The molecule has 0 spiro atoms. The highest BCUT2D eigenvalue weighted by molar-refractivity contribution is 5.81. The summed E-state index contributed by atoms with van der Waals surface area (Å²) in [5.74, 6) is -0.494. The molecule has 4 nitrogen and oxygen atoms in total. The lowest BCUT2D eigenvalue weighted by Crippen LogP contribution is -2.35. The molecule has 0 aromatic carbocycles. The highest BCUT2D eigenvalue weighted by Crippen LogP contribution is 2.08. The topological polar surface area (TPSA) is 46.1 Å². The molecule has 0 fully saturated rings. The molecule has 1 aromatic rings. The SMILES string of the molecule is CCCCCCCCCn1cc[n+](C)c1C(=O)O. The standard InChI is InChI=1S/C14H24N2O2/c1-3-4-5-6-7-8-9-10-16-12-11-15(2)13(16)14(17)18/h11-12H,3-10H2,1-2H3/p+1. The number of hydrogen-bond acceptors (Lipinski definition) is 1. The summed E-state index contributed by atoms with van der Waals surface area (Å²) in [7, 11) is 1.77. The van der Waals surface area contributed by atoms with Gasteiger partial charge in [0.05, 0.1) is 13.6 Å². The second-order valence-corrected chi connectivity index (χ2v) is 4.85. The van der Waals surface area contributed by atoms with E-state index in [2.05, 4.69) is 6.92 Å². The van der Waals surface area contributed by atoms with E-state index in [4.69, 9.17) is 5.11 Å². The van der Waals surface area contributed by atoms with E-state index in [0.29, 0.717) is 5.82 Å². The first kappa shape index (κ1) is 14.7. The van der Waals surface area contributed by atoms with Crippen LogP contribution in [0.5, 0.6) is 0 Å². The molecule has 0 saturated heterocycles. The summed E-state index contributed by atoms with van der Waals surface area (Å²) in [5, 5.41) is 9.09. The fourth-order valence-corrected chi connectivity index (χ4v) is 2.22. The average molecular weight is 253 g/mol. The molecular formula is C14H25N2O2+. The fourth-order valence-electron chi connectivity index (χ4n) is 2.22. The van der Waals surface area contributed by atoms with Gasteiger partial charge in [0.15, 0.2) is 0 Å². The molecule has 1 N–H and O–H groups in total. The second kappa shape index (κ2) is 7.90. The molecular weight excluding hydrogens is 228 g/mol. The van der Waals surface area contributed by atoms with Crippen molar-refractivity contribution in [3.8, 4) is 0 Å². The van der Waals surface area contributed by atoms with Gasteiger partial charge in [-0.25, -0.2) is 13.9 Å². The Labute approximate surface area is 109 Å². The van der Waals surface area contributed by atoms with Crippen molar-refractivity contribution in [1.29, 1.82) is 0 Å². The summed E-state index contributed by atoms with van der Waals surface area (Å²) in [5.41, 5.74) is 0. The zero-order valence-electron chi connectivity index (χ0n) is 11.6. The van der Waals surface area contributed by atoms with Crippen LogP contribution in [0.3, 0.4) is 0 Å². The average Bonchev–Trinajstić information content (AvgIpc) is 2.69. The van der Waals surface area contributed by atoms with Crippen LogP contribution >= 0.6 is 0 Å². The van der Waals surface area contributed by atoms with Crippen LogP contribution in [-0.4, -0.2) is 15.6 Å². The lowest BCUT2D eigenvalue weighted by Gasteiger charge is -2.01. The molecule has 0 bridgehead atoms. The molecule has 0 saturated carbocycles. The minimum atomic E-state index is -0.856. The maximum atomic E-state index is 11.1. The maximum absolute atomic E-state index is 11.1. The third-order valence-electron chi connectivity index (χ3n) is 3.27. The van der Waals surface area contributed by atoms with Crippen LogP contribution in [0.15, 0.2) is 12.4 Å². The molecule has 0 aliphatic rings. The normalized spacial score (nSPS) is 10.8. The van der Waals surface area contributed by atoms with Crippen LogP contribution in [0.25, 0.3) is 0 Å². The Kier molecular flexibility index (Phi) is 6.47. The molecule has 4 heteroatoms. The van der Waals surface area contributed by atoms with Crippen molar-refractivity contribution in [3.63, 3.8) is 0 Å². The van der Waals surface area contributed by atoms with Crippen LogP contribution in [0.2, 0.25) is 0 Å². The Morgan fingerprint density at radius 1 is 1.22 bits per heavy atom. The van der Waals surface area contributed by atoms with E-state index in [1.165, 1.54) is 38.5 Å². The smallest absolute Gasteiger partial charge is 0.419 e. The van der Waals surface area contributed by atoms with E-state index in [9.17, 15) is 4.79 Å². The molecule has 18 heavy (non-hydrogen) atoms. The molecule has 0 atom stereocenters. The first-order valence-electron chi connectivity index (χ1n) is 6.95. The van der Waals surface area contributed by atoms with E-state index in [0.717, 1.165) is 13.0 Å². The number of nitrogens with zero attached hydrogens (tertiary/aromatic N) is 2. The number of carbonyl (C=O) groups is 1. The van der Waals surface area contributed by atoms with E-state index < -0.39 is 5.97 Å². The van der Waals surface area contributed by atoms with Crippen LogP contribution < -0.4 is 4.57 Å². The van der Waals surface area contributed by atoms with Gasteiger partial charge in [0, 0.05) is 0 Å². The van der Waals surface area contributed by atoms with Gasteiger partial charge >= 0.3 is 11.8 Å². The number of carboxylic acid groups (broad SMARTS) is 1. The van der Waals surface area contributed by atoms with Crippen molar-refractivity contribution in [2.45, 2.75) is 58.4 Å². The summed E-state index contributed by atoms with van der Waals surface area (Å²) in [6, 6.07) is 0. The van der Waals surface area contributed by atoms with E-state index in [1.54, 1.807) is 17.8 Å². The zero-order valence-corrected chi connectivity index (χ0v) is 11.6. The van der Waals surface area contributed by atoms with Crippen molar-refractivity contribution in [3.05, 3.63) is 18.2 Å². The number of carboxylic acids is 1. The van der Waals surface area contributed by atoms with E-state index in [-0.39, 0.29) is 0 Å². The molecule has 1 aromatic heterocycles. The lowest BCUT2D eigenvalue weighted by atomic mass is 10.1. The second-order valence-electron chi connectivity index (χ2n) is 4.85. The van der Waals surface area contributed by atoms with Gasteiger partial charge in [-0.15, -0.1) is 0 Å². The summed E-state index contributed by atoms with van der Waals surface area (Å²) < 4.78 is 3.48. The zero-order chi connectivity index (χ0) is 13.4. The van der Waals surface area contributed by atoms with Crippen LogP contribution in [-0.2, 0) is 13.6 Å². The maximum Gasteiger partial charge on any atom is 0.419 e. The number of rotatable bonds is 9. The predicted molar refractivity (Wildman–Crippen MR) is 70.6 cm³/mol. The summed E-state index contributed by atoms with van der Waals surface area (Å²) in [6.45, 7) is 3.02. The van der Waals surface area contributed by atoms with Crippen molar-refractivity contribution in [1.82, 2.24) is 4.57 Å². The van der Waals surface area contributed by atoms with Gasteiger partial charge in [-0.1, -0.05) is 39.0 Å². The first-order chi connectivity index (χ1) is 8.66. The van der Waals surface area contributed by atoms with Crippen molar-refractivity contribution >= 4 is 5.97 Å². The largest absolute Gasteiger partial charge is 0.472 e. The Hall–Kier alpha value is -1.32. The van der Waals surface area contributed by atoms with Crippen LogP contribution in [0.4, 0.5) is 0 Å². The number of hydrogen-bond donors (Lipinski definition) is 1. The molecule has 0 unspecified atom stereocenters. The van der Waals surface area contributed by atoms with Gasteiger partial charge in [-0.3, -0.25) is 0 Å². The van der Waals surface area contributed by atoms with Crippen molar-refractivity contribution < 1.29 is 14.5 Å². The molecule has 0 radical (unpaired) electrons. The highest BCUT2D eigenvalue weighted by atomic mass is 16.4. The molecule has 1 heterocycles. The Balaban J connectivity index is 2.25. The molecule has 0 aliphatic heterocycles. The van der Waals surface area contributed by atoms with Gasteiger partial charge < -0.3 is 5.11 Å². The van der Waals surface area contributed by atoms with E-state index >= 15 is 0 Å². The Morgan fingerprint density at radius 3 is 2.44 bits per heavy atom. The van der Waals surface area contributed by atoms with E-state index in [1.807, 2.05) is 10.8 Å². The molecule has 0 amide bonds. The monoisotopic (exact) mass is 253 g/mol. The quantitative estimate of drug-likeness (QED) is 0.543. The minimum Gasteiger partial charge on any atom is -0.472 e. The molecule has 0 aliphatic carbocycles. The van der Waals surface area contributed by atoms with Gasteiger partial charge in [-0.05, 0) is 12.8 Å². The van der Waals surface area contributed by atoms with Gasteiger partial charge in [0.1, 0.15) is 12.4 Å².